The largest absolute Gasteiger partial charge is 0.491 e. The quantitative estimate of drug-likeness (QED) is 0.217. The van der Waals surface area contributed by atoms with Crippen molar-refractivity contribution in [3.05, 3.63) is 54.3 Å². The number of aromatic nitrogens is 3. The number of carbonyl (C=O) groups is 1. The zero-order chi connectivity index (χ0) is 32.8. The Morgan fingerprint density at radius 2 is 1.58 bits per heavy atom. The number of anilines is 1. The fourth-order valence-corrected chi connectivity index (χ4v) is 6.10. The molecule has 0 N–H and O–H groups in total. The van der Waals surface area contributed by atoms with Crippen molar-refractivity contribution in [2.24, 2.45) is 5.41 Å². The Balaban J connectivity index is 1.42. The average Bonchev–Trinajstić information content (AvgIpc) is 3.49. The van der Waals surface area contributed by atoms with Gasteiger partial charge in [0, 0.05) is 25.1 Å². The smallest absolute Gasteiger partial charge is 0.427 e. The summed E-state index contributed by atoms with van der Waals surface area (Å²) in [7, 11) is 0. The standard InChI is InChI=1S/C32H37F5N4O4/c1-20(2)43-23-8-6-21(7-9-23)22-10-17-38-24(18-22)41(27(42)44-28(3,4)32(35,36)37)19-30-11-14-31(15-12-30,16-13-30)25-39-26(45-40-25)29(5,33)34/h6-10,17-18,20H,11-16,19H2,1-5H3. The molecule has 8 nitrogen and oxygen atoms in total. The summed E-state index contributed by atoms with van der Waals surface area (Å²) < 4.78 is 84.5. The van der Waals surface area contributed by atoms with E-state index in [4.69, 9.17) is 14.0 Å². The zero-order valence-electron chi connectivity index (χ0n) is 25.9. The average molecular weight is 637 g/mol. The minimum atomic E-state index is -4.80. The maximum Gasteiger partial charge on any atom is 0.427 e. The van der Waals surface area contributed by atoms with Gasteiger partial charge < -0.3 is 14.0 Å². The fraction of sp³-hybridized carbons (Fsp3) is 0.562. The molecule has 0 atom stereocenters. The number of benzene rings is 1. The van der Waals surface area contributed by atoms with E-state index in [2.05, 4.69) is 15.1 Å². The van der Waals surface area contributed by atoms with Gasteiger partial charge in [0.25, 0.3) is 5.89 Å². The van der Waals surface area contributed by atoms with Crippen LogP contribution in [0.2, 0.25) is 0 Å². The molecule has 3 saturated carbocycles. The van der Waals surface area contributed by atoms with Crippen molar-refractivity contribution in [3.8, 4) is 16.9 Å². The van der Waals surface area contributed by atoms with Crippen molar-refractivity contribution in [3.63, 3.8) is 0 Å². The monoisotopic (exact) mass is 636 g/mol. The first kappa shape index (κ1) is 32.6. The molecule has 1 aromatic carbocycles. The molecular weight excluding hydrogens is 599 g/mol. The van der Waals surface area contributed by atoms with Gasteiger partial charge in [0.05, 0.1) is 6.10 Å². The molecule has 0 aliphatic heterocycles. The van der Waals surface area contributed by atoms with Crippen molar-refractivity contribution in [2.45, 2.75) is 102 Å². The molecular formula is C32H37F5N4O4. The summed E-state index contributed by atoms with van der Waals surface area (Å²) in [6, 6.07) is 10.7. The van der Waals surface area contributed by atoms with Crippen LogP contribution in [-0.4, -0.2) is 45.6 Å². The summed E-state index contributed by atoms with van der Waals surface area (Å²) in [6.07, 6.45) is -1.08. The van der Waals surface area contributed by atoms with E-state index in [1.54, 1.807) is 12.1 Å². The molecule has 13 heteroatoms. The van der Waals surface area contributed by atoms with Gasteiger partial charge in [-0.15, -0.1) is 0 Å². The van der Waals surface area contributed by atoms with E-state index in [-0.39, 0.29) is 24.3 Å². The predicted octanol–water partition coefficient (Wildman–Crippen LogP) is 8.61. The normalized spacial score (nSPS) is 22.0. The van der Waals surface area contributed by atoms with Gasteiger partial charge in [-0.05, 0) is 107 Å². The van der Waals surface area contributed by atoms with Crippen molar-refractivity contribution in [2.75, 3.05) is 11.4 Å². The first-order chi connectivity index (χ1) is 20.9. The van der Waals surface area contributed by atoms with Gasteiger partial charge in [-0.2, -0.15) is 26.9 Å². The molecule has 2 aromatic heterocycles. The first-order valence-electron chi connectivity index (χ1n) is 15.0. The Hall–Kier alpha value is -3.77. The van der Waals surface area contributed by atoms with E-state index in [9.17, 15) is 26.7 Å². The Morgan fingerprint density at radius 3 is 2.11 bits per heavy atom. The highest BCUT2D eigenvalue weighted by molar-refractivity contribution is 5.88. The number of nitrogens with zero attached hydrogens (tertiary/aromatic N) is 4. The minimum Gasteiger partial charge on any atom is -0.491 e. The van der Waals surface area contributed by atoms with Crippen molar-refractivity contribution in [1.29, 1.82) is 0 Å². The lowest BCUT2D eigenvalue weighted by Gasteiger charge is -2.53. The molecule has 244 valence electrons. The second kappa shape index (κ2) is 11.5. The van der Waals surface area contributed by atoms with Crippen LogP contribution in [0.25, 0.3) is 11.1 Å². The number of alkyl halides is 5. The summed E-state index contributed by atoms with van der Waals surface area (Å²) in [5, 5.41) is 3.88. The molecule has 45 heavy (non-hydrogen) atoms. The van der Waals surface area contributed by atoms with E-state index in [1.807, 2.05) is 38.1 Å². The minimum absolute atomic E-state index is 0.00113. The van der Waals surface area contributed by atoms with Gasteiger partial charge in [-0.1, -0.05) is 17.3 Å². The molecule has 0 radical (unpaired) electrons. The third kappa shape index (κ3) is 6.76. The highest BCUT2D eigenvalue weighted by Crippen LogP contribution is 2.58. The van der Waals surface area contributed by atoms with E-state index in [0.717, 1.165) is 19.4 Å². The van der Waals surface area contributed by atoms with Gasteiger partial charge in [0.2, 0.25) is 5.60 Å². The number of amides is 1. The number of carbonyl (C=O) groups excluding carboxylic acids is 1. The maximum absolute atomic E-state index is 13.8. The summed E-state index contributed by atoms with van der Waals surface area (Å²) >= 11 is 0. The van der Waals surface area contributed by atoms with Crippen LogP contribution < -0.4 is 9.64 Å². The third-order valence-corrected chi connectivity index (χ3v) is 9.00. The Kier molecular flexibility index (Phi) is 8.37. The molecule has 2 bridgehead atoms. The SMILES string of the molecule is CC(C)Oc1ccc(-c2ccnc(N(CC34CCC(c5noc(C(C)(F)F)n5)(CC3)CC4)C(=O)OC(C)(C)C(F)(F)F)c2)cc1. The number of pyridine rings is 1. The molecule has 6 rings (SSSR count). The van der Waals surface area contributed by atoms with Crippen molar-refractivity contribution < 1.29 is 40.7 Å². The predicted molar refractivity (Wildman–Crippen MR) is 155 cm³/mol. The summed E-state index contributed by atoms with van der Waals surface area (Å²) in [4.78, 5) is 23.2. The van der Waals surface area contributed by atoms with Crippen molar-refractivity contribution >= 4 is 11.9 Å². The maximum atomic E-state index is 13.8. The highest BCUT2D eigenvalue weighted by Gasteiger charge is 2.55. The van der Waals surface area contributed by atoms with E-state index >= 15 is 0 Å². The van der Waals surface area contributed by atoms with Gasteiger partial charge >= 0.3 is 18.2 Å². The van der Waals surface area contributed by atoms with Gasteiger partial charge in [0.1, 0.15) is 11.6 Å². The lowest BCUT2D eigenvalue weighted by molar-refractivity contribution is -0.243. The first-order valence-corrected chi connectivity index (χ1v) is 15.0. The molecule has 2 heterocycles. The molecule has 0 unspecified atom stereocenters. The number of hydrogen-bond acceptors (Lipinski definition) is 7. The Bertz CT molecular complexity index is 1490. The molecule has 3 fully saturated rings. The second-order valence-electron chi connectivity index (χ2n) is 13.1. The third-order valence-electron chi connectivity index (χ3n) is 9.00. The molecule has 0 saturated heterocycles. The molecule has 0 spiro atoms. The number of rotatable bonds is 9. The number of hydrogen-bond donors (Lipinski definition) is 0. The van der Waals surface area contributed by atoms with E-state index < -0.39 is 40.5 Å². The fourth-order valence-electron chi connectivity index (χ4n) is 6.10. The molecule has 3 aliphatic rings. The van der Waals surface area contributed by atoms with Crippen LogP contribution in [0.4, 0.5) is 32.6 Å². The lowest BCUT2D eigenvalue weighted by Crippen LogP contribution is -2.53. The van der Waals surface area contributed by atoms with Gasteiger partial charge in [-0.3, -0.25) is 4.90 Å². The summed E-state index contributed by atoms with van der Waals surface area (Å²) in [6.45, 7) is 6.22. The Morgan fingerprint density at radius 1 is 0.956 bits per heavy atom. The second-order valence-corrected chi connectivity index (χ2v) is 13.1. The van der Waals surface area contributed by atoms with Crippen LogP contribution in [0.3, 0.4) is 0 Å². The van der Waals surface area contributed by atoms with Crippen LogP contribution in [-0.2, 0) is 16.1 Å². The lowest BCUT2D eigenvalue weighted by atomic mass is 9.53. The van der Waals surface area contributed by atoms with Gasteiger partial charge in [0.15, 0.2) is 5.82 Å². The van der Waals surface area contributed by atoms with E-state index in [1.165, 1.54) is 11.1 Å². The highest BCUT2D eigenvalue weighted by atomic mass is 19.4. The topological polar surface area (TPSA) is 90.6 Å². The van der Waals surface area contributed by atoms with E-state index in [0.29, 0.717) is 56.8 Å². The number of fused-ring (bicyclic) bond motifs is 3. The van der Waals surface area contributed by atoms with Crippen LogP contribution in [0.5, 0.6) is 5.75 Å². The van der Waals surface area contributed by atoms with Gasteiger partial charge in [-0.25, -0.2) is 9.78 Å². The van der Waals surface area contributed by atoms with Crippen LogP contribution >= 0.6 is 0 Å². The number of ether oxygens (including phenoxy) is 2. The number of halogens is 5. The molecule has 3 aromatic rings. The van der Waals surface area contributed by atoms with Crippen LogP contribution in [0.1, 0.15) is 84.9 Å². The van der Waals surface area contributed by atoms with Crippen LogP contribution in [0, 0.1) is 5.41 Å². The molecule has 1 amide bonds. The summed E-state index contributed by atoms with van der Waals surface area (Å²) in [5.41, 5.74) is -2.24. The van der Waals surface area contributed by atoms with Crippen molar-refractivity contribution in [1.82, 2.24) is 15.1 Å². The molecule has 3 aliphatic carbocycles. The summed E-state index contributed by atoms with van der Waals surface area (Å²) in [5.74, 6) is -2.90. The van der Waals surface area contributed by atoms with Crippen LogP contribution in [0.15, 0.2) is 47.1 Å². The zero-order valence-corrected chi connectivity index (χ0v) is 25.9. The Labute approximate surface area is 258 Å².